The fourth-order valence-corrected chi connectivity index (χ4v) is 2.91. The zero-order valence-electron chi connectivity index (χ0n) is 12.7. The quantitative estimate of drug-likeness (QED) is 0.811. The molecule has 0 radical (unpaired) electrons. The van der Waals surface area contributed by atoms with Crippen LogP contribution in [-0.4, -0.2) is 33.6 Å². The number of rotatable bonds is 2. The number of halogens is 4. The molecule has 1 N–H and O–H groups in total. The van der Waals surface area contributed by atoms with Gasteiger partial charge in [-0.15, -0.1) is 0 Å². The summed E-state index contributed by atoms with van der Waals surface area (Å²) in [5, 5.41) is 14.2. The van der Waals surface area contributed by atoms with Gasteiger partial charge in [0.15, 0.2) is 0 Å². The Morgan fingerprint density at radius 3 is 2.44 bits per heavy atom. The van der Waals surface area contributed by atoms with Crippen LogP contribution < -0.4 is 0 Å². The third-order valence-electron chi connectivity index (χ3n) is 3.81. The van der Waals surface area contributed by atoms with E-state index >= 15 is 0 Å². The van der Waals surface area contributed by atoms with Crippen LogP contribution in [0.3, 0.4) is 0 Å². The number of amides is 1. The molecule has 8 heteroatoms. The molecular formula is C17H12BrF3N2O2. The van der Waals surface area contributed by atoms with Crippen LogP contribution in [0.1, 0.15) is 22.3 Å². The number of hydrogen-bond acceptors (Lipinski definition) is 3. The smallest absolute Gasteiger partial charge is 0.362 e. The Hall–Kier alpha value is -2.19. The molecule has 130 valence electrons. The van der Waals surface area contributed by atoms with Crippen molar-refractivity contribution < 1.29 is 23.1 Å². The summed E-state index contributed by atoms with van der Waals surface area (Å²) >= 11 is 3.16. The summed E-state index contributed by atoms with van der Waals surface area (Å²) in [6.45, 7) is 0. The number of nitrogens with zero attached hydrogens (tertiary/aromatic N) is 2. The summed E-state index contributed by atoms with van der Waals surface area (Å²) in [7, 11) is 0. The topological polar surface area (TPSA) is 52.9 Å². The second-order valence-electron chi connectivity index (χ2n) is 5.53. The molecule has 0 saturated heterocycles. The molecule has 0 fully saturated rings. The summed E-state index contributed by atoms with van der Waals surface area (Å²) in [6.07, 6.45) is -5.89. The van der Waals surface area contributed by atoms with E-state index in [1.165, 1.54) is 18.2 Å². The summed E-state index contributed by atoms with van der Waals surface area (Å²) in [4.78, 5) is 12.6. The van der Waals surface area contributed by atoms with Gasteiger partial charge in [0.2, 0.25) is 0 Å². The Bertz CT molecular complexity index is 839. The zero-order valence-corrected chi connectivity index (χ0v) is 14.3. The van der Waals surface area contributed by atoms with Crippen molar-refractivity contribution in [3.63, 3.8) is 0 Å². The summed E-state index contributed by atoms with van der Waals surface area (Å²) in [6, 6.07) is 14.0. The maximum Gasteiger partial charge on any atom is 0.438 e. The largest absolute Gasteiger partial charge is 0.438 e. The molecule has 4 nitrogen and oxygen atoms in total. The predicted molar refractivity (Wildman–Crippen MR) is 88.9 cm³/mol. The molecule has 2 aromatic rings. The van der Waals surface area contributed by atoms with Gasteiger partial charge in [-0.1, -0.05) is 52.3 Å². The maximum absolute atomic E-state index is 13.5. The molecule has 0 aromatic heterocycles. The third kappa shape index (κ3) is 3.19. The Labute approximate surface area is 149 Å². The monoisotopic (exact) mass is 412 g/mol. The molecule has 0 saturated carbocycles. The van der Waals surface area contributed by atoms with Crippen molar-refractivity contribution in [2.45, 2.75) is 18.3 Å². The molecule has 0 bridgehead atoms. The number of alkyl halides is 3. The van der Waals surface area contributed by atoms with E-state index in [0.717, 1.165) is 0 Å². The third-order valence-corrected chi connectivity index (χ3v) is 4.30. The lowest BCUT2D eigenvalue weighted by Crippen LogP contribution is -2.56. The van der Waals surface area contributed by atoms with Crippen LogP contribution in [0, 0.1) is 0 Å². The van der Waals surface area contributed by atoms with Gasteiger partial charge in [0, 0.05) is 10.0 Å². The maximum atomic E-state index is 13.5. The summed E-state index contributed by atoms with van der Waals surface area (Å²) in [5.41, 5.74) is -3.01. The lowest BCUT2D eigenvalue weighted by molar-refractivity contribution is -0.297. The van der Waals surface area contributed by atoms with Crippen LogP contribution in [0.25, 0.3) is 0 Å². The number of benzene rings is 2. The molecule has 1 atom stereocenters. The van der Waals surface area contributed by atoms with Gasteiger partial charge in [-0.2, -0.15) is 23.3 Å². The molecule has 3 rings (SSSR count). The summed E-state index contributed by atoms with van der Waals surface area (Å²) < 4.78 is 41.1. The lowest BCUT2D eigenvalue weighted by atomic mass is 10.0. The number of carbonyl (C=O) groups is 1. The first kappa shape index (κ1) is 17.6. The zero-order chi connectivity index (χ0) is 18.2. The Morgan fingerprint density at radius 1 is 1.16 bits per heavy atom. The van der Waals surface area contributed by atoms with E-state index in [4.69, 9.17) is 0 Å². The van der Waals surface area contributed by atoms with Gasteiger partial charge in [0.05, 0.1) is 12.1 Å². The van der Waals surface area contributed by atoms with Crippen LogP contribution in [0.4, 0.5) is 13.2 Å². The van der Waals surface area contributed by atoms with Gasteiger partial charge in [-0.05, 0) is 23.8 Å². The molecule has 1 aliphatic rings. The van der Waals surface area contributed by atoms with E-state index in [1.54, 1.807) is 36.4 Å². The van der Waals surface area contributed by atoms with Gasteiger partial charge in [0.1, 0.15) is 0 Å². The van der Waals surface area contributed by atoms with Gasteiger partial charge < -0.3 is 5.11 Å². The molecule has 1 unspecified atom stereocenters. The first-order chi connectivity index (χ1) is 11.7. The Morgan fingerprint density at radius 2 is 1.84 bits per heavy atom. The fourth-order valence-electron chi connectivity index (χ4n) is 2.51. The second-order valence-corrected chi connectivity index (χ2v) is 6.45. The standard InChI is InChI=1S/C17H12BrF3N2O2/c18-13-8-4-7-12(9-13)15(24)23-16(25,17(19,20)21)10-14(22-23)11-5-2-1-3-6-11/h1-9,25H,10H2. The van der Waals surface area contributed by atoms with Crippen molar-refractivity contribution in [1.82, 2.24) is 5.01 Å². The Kier molecular flexibility index (Phi) is 4.42. The van der Waals surface area contributed by atoms with E-state index in [9.17, 15) is 23.1 Å². The molecular weight excluding hydrogens is 401 g/mol. The van der Waals surface area contributed by atoms with Crippen LogP contribution >= 0.6 is 15.9 Å². The van der Waals surface area contributed by atoms with Gasteiger partial charge in [-0.25, -0.2) is 0 Å². The number of hydrazone groups is 1. The molecule has 2 aromatic carbocycles. The molecule has 1 amide bonds. The first-order valence-corrected chi connectivity index (χ1v) is 8.04. The van der Waals surface area contributed by atoms with E-state index in [0.29, 0.717) is 10.0 Å². The van der Waals surface area contributed by atoms with Crippen molar-refractivity contribution >= 4 is 27.5 Å². The second kappa shape index (κ2) is 6.27. The molecule has 0 spiro atoms. The minimum Gasteiger partial charge on any atom is -0.362 e. The predicted octanol–water partition coefficient (Wildman–Crippen LogP) is 3.95. The highest BCUT2D eigenvalue weighted by atomic mass is 79.9. The molecule has 1 aliphatic heterocycles. The first-order valence-electron chi connectivity index (χ1n) is 7.24. The van der Waals surface area contributed by atoms with Crippen molar-refractivity contribution in [3.8, 4) is 0 Å². The van der Waals surface area contributed by atoms with E-state index in [1.807, 2.05) is 0 Å². The van der Waals surface area contributed by atoms with Crippen LogP contribution in [0.5, 0.6) is 0 Å². The average molecular weight is 413 g/mol. The van der Waals surface area contributed by atoms with Gasteiger partial charge in [-0.3, -0.25) is 4.79 Å². The number of hydrogen-bond donors (Lipinski definition) is 1. The van der Waals surface area contributed by atoms with Crippen molar-refractivity contribution in [1.29, 1.82) is 0 Å². The van der Waals surface area contributed by atoms with E-state index in [-0.39, 0.29) is 16.3 Å². The van der Waals surface area contributed by atoms with Crippen LogP contribution in [-0.2, 0) is 0 Å². The van der Waals surface area contributed by atoms with Crippen LogP contribution in [0.15, 0.2) is 64.2 Å². The SMILES string of the molecule is O=C(c1cccc(Br)c1)N1N=C(c2ccccc2)CC1(O)C(F)(F)F. The van der Waals surface area contributed by atoms with E-state index in [2.05, 4.69) is 21.0 Å². The van der Waals surface area contributed by atoms with Crippen molar-refractivity contribution in [2.24, 2.45) is 5.10 Å². The minimum absolute atomic E-state index is 0.0104. The minimum atomic E-state index is -5.06. The normalized spacial score (nSPS) is 20.5. The Balaban J connectivity index is 2.06. The number of aliphatic hydroxyl groups is 1. The fraction of sp³-hybridized carbons (Fsp3) is 0.176. The van der Waals surface area contributed by atoms with Crippen molar-refractivity contribution in [3.05, 3.63) is 70.2 Å². The van der Waals surface area contributed by atoms with Crippen LogP contribution in [0.2, 0.25) is 0 Å². The highest BCUT2D eigenvalue weighted by molar-refractivity contribution is 9.10. The van der Waals surface area contributed by atoms with Gasteiger partial charge in [0.25, 0.3) is 11.6 Å². The van der Waals surface area contributed by atoms with E-state index < -0.39 is 24.2 Å². The highest BCUT2D eigenvalue weighted by Crippen LogP contribution is 2.42. The summed E-state index contributed by atoms with van der Waals surface area (Å²) in [5.74, 6) is -1.04. The van der Waals surface area contributed by atoms with Gasteiger partial charge >= 0.3 is 6.18 Å². The average Bonchev–Trinajstić information content (AvgIpc) is 2.94. The molecule has 0 aliphatic carbocycles. The van der Waals surface area contributed by atoms with Crippen molar-refractivity contribution in [2.75, 3.05) is 0 Å². The highest BCUT2D eigenvalue weighted by Gasteiger charge is 2.63. The number of carbonyl (C=O) groups excluding carboxylic acids is 1. The lowest BCUT2D eigenvalue weighted by Gasteiger charge is -2.32. The molecule has 1 heterocycles. The molecule has 25 heavy (non-hydrogen) atoms.